The van der Waals surface area contributed by atoms with Crippen LogP contribution in [0.5, 0.6) is 0 Å². The number of carbonyl (C=O) groups excluding carboxylic acids is 2. The van der Waals surface area contributed by atoms with Crippen molar-refractivity contribution in [3.8, 4) is 0 Å². The molecule has 8 nitrogen and oxygen atoms in total. The average Bonchev–Trinajstić information content (AvgIpc) is 3.24. The molecule has 10 heteroatoms. The first-order valence-electron chi connectivity index (χ1n) is 11.4. The molecule has 1 aliphatic rings. The van der Waals surface area contributed by atoms with Gasteiger partial charge in [0.25, 0.3) is 5.91 Å². The smallest absolute Gasteiger partial charge is 0.359 e. The molecule has 4 aromatic rings. The number of carbonyl (C=O) groups is 2. The van der Waals surface area contributed by atoms with Gasteiger partial charge in [-0.1, -0.05) is 34.8 Å². The average molecular weight is 547 g/mol. The van der Waals surface area contributed by atoms with Crippen molar-refractivity contribution in [3.63, 3.8) is 0 Å². The lowest BCUT2D eigenvalue weighted by Gasteiger charge is -2.11. The maximum absolute atomic E-state index is 13.5. The Hall–Kier alpha value is -4.40. The largest absolute Gasteiger partial charge is 0.464 e. The van der Waals surface area contributed by atoms with E-state index < -0.39 is 11.9 Å². The van der Waals surface area contributed by atoms with Crippen LogP contribution in [0.25, 0.3) is 17.0 Å². The highest BCUT2D eigenvalue weighted by Gasteiger charge is 2.36. The molecule has 1 N–H and O–H groups in total. The fourth-order valence-electron chi connectivity index (χ4n) is 3.85. The molecule has 190 valence electrons. The van der Waals surface area contributed by atoms with Gasteiger partial charge in [0.1, 0.15) is 17.2 Å². The highest BCUT2D eigenvalue weighted by Crippen LogP contribution is 2.27. The zero-order valence-electron chi connectivity index (χ0n) is 20.2. The van der Waals surface area contributed by atoms with Crippen molar-refractivity contribution in [3.05, 3.63) is 105 Å². The number of ether oxygens (including phenoxy) is 1. The Morgan fingerprint density at radius 3 is 2.42 bits per heavy atom. The van der Waals surface area contributed by atoms with E-state index in [1.54, 1.807) is 48.5 Å². The van der Waals surface area contributed by atoms with Gasteiger partial charge >= 0.3 is 5.97 Å². The van der Waals surface area contributed by atoms with Crippen LogP contribution in [0, 0.1) is 6.92 Å². The minimum Gasteiger partial charge on any atom is -0.464 e. The van der Waals surface area contributed by atoms with E-state index in [2.05, 4.69) is 15.6 Å². The minimum absolute atomic E-state index is 0.0249. The Bertz CT molecular complexity index is 1690. The zero-order chi connectivity index (χ0) is 26.8. The lowest BCUT2D eigenvalue weighted by atomic mass is 10.0. The Kier molecular flexibility index (Phi) is 7.00. The number of amides is 1. The third-order valence-electron chi connectivity index (χ3n) is 5.75. The lowest BCUT2D eigenvalue weighted by molar-refractivity contribution is -0.132. The molecule has 0 unspecified atom stereocenters. The Morgan fingerprint density at radius 1 is 1.05 bits per heavy atom. The maximum Gasteiger partial charge on any atom is 0.359 e. The summed E-state index contributed by atoms with van der Waals surface area (Å²) < 4.78 is 10.8. The van der Waals surface area contributed by atoms with Crippen molar-refractivity contribution in [2.75, 3.05) is 17.5 Å². The van der Waals surface area contributed by atoms with E-state index in [0.29, 0.717) is 43.3 Å². The van der Waals surface area contributed by atoms with Crippen LogP contribution in [0.1, 0.15) is 11.1 Å². The van der Waals surface area contributed by atoms with E-state index in [4.69, 9.17) is 32.4 Å². The van der Waals surface area contributed by atoms with Crippen LogP contribution < -0.4 is 15.8 Å². The number of benzene rings is 3. The minimum atomic E-state index is -0.757. The SMILES string of the molecule is COC(=O)C1=NN(c2ccc(Cl)cc2)C(=O)/C1=C\c1coc2ccc(C)cc2/c1=N\Nc1ccc(Cl)cc1. The number of hydrogen-bond acceptors (Lipinski definition) is 7. The van der Waals surface area contributed by atoms with Gasteiger partial charge in [-0.15, -0.1) is 0 Å². The van der Waals surface area contributed by atoms with Gasteiger partial charge in [0.15, 0.2) is 5.71 Å². The standard InChI is InChI=1S/C28H20Cl2N4O4/c1-16-3-12-24-22(13-16)25(32-31-20-8-4-18(29)5-9-20)17(15-38-24)14-23-26(28(36)37-2)33-34(27(23)35)21-10-6-19(30)7-11-21/h3-15,31H,1-2H3/b23-14-,32-25-. The van der Waals surface area contributed by atoms with Crippen molar-refractivity contribution >= 4 is 69.2 Å². The number of rotatable bonds is 5. The van der Waals surface area contributed by atoms with E-state index >= 15 is 0 Å². The molecule has 38 heavy (non-hydrogen) atoms. The number of methoxy groups -OCH3 is 1. The van der Waals surface area contributed by atoms with Gasteiger partial charge in [-0.3, -0.25) is 10.2 Å². The Labute approximate surface area is 227 Å². The molecule has 0 fully saturated rings. The molecule has 0 spiro atoms. The second-order valence-electron chi connectivity index (χ2n) is 8.36. The monoisotopic (exact) mass is 546 g/mol. The number of hydrazone groups is 1. The molecule has 0 aliphatic carbocycles. The molecule has 2 heterocycles. The number of aryl methyl sites for hydroxylation is 1. The maximum atomic E-state index is 13.5. The molecule has 3 aromatic carbocycles. The fourth-order valence-corrected chi connectivity index (χ4v) is 4.10. The van der Waals surface area contributed by atoms with E-state index in [1.165, 1.54) is 19.4 Å². The molecule has 1 amide bonds. The molecule has 0 bridgehead atoms. The predicted octanol–water partition coefficient (Wildman–Crippen LogP) is 5.94. The Balaban J connectivity index is 1.66. The van der Waals surface area contributed by atoms with Crippen LogP contribution in [0.15, 0.2) is 93.2 Å². The van der Waals surface area contributed by atoms with Gasteiger partial charge in [0, 0.05) is 21.0 Å². The van der Waals surface area contributed by atoms with Crippen molar-refractivity contribution in [1.29, 1.82) is 0 Å². The summed E-state index contributed by atoms with van der Waals surface area (Å²) in [6.45, 7) is 1.95. The van der Waals surface area contributed by atoms with E-state index in [1.807, 2.05) is 25.1 Å². The van der Waals surface area contributed by atoms with Gasteiger partial charge < -0.3 is 9.15 Å². The number of esters is 1. The number of halogens is 2. The number of nitrogens with zero attached hydrogens (tertiary/aromatic N) is 3. The number of anilines is 2. The second-order valence-corrected chi connectivity index (χ2v) is 9.23. The second kappa shape index (κ2) is 10.5. The van der Waals surface area contributed by atoms with Crippen molar-refractivity contribution < 1.29 is 18.7 Å². The summed E-state index contributed by atoms with van der Waals surface area (Å²) in [4.78, 5) is 26.1. The van der Waals surface area contributed by atoms with Crippen LogP contribution in [0.3, 0.4) is 0 Å². The molecular weight excluding hydrogens is 527 g/mol. The molecule has 1 aromatic heterocycles. The summed E-state index contributed by atoms with van der Waals surface area (Å²) in [5.41, 5.74) is 6.08. The zero-order valence-corrected chi connectivity index (χ0v) is 21.7. The summed E-state index contributed by atoms with van der Waals surface area (Å²) in [6.07, 6.45) is 2.99. The van der Waals surface area contributed by atoms with Crippen molar-refractivity contribution in [2.24, 2.45) is 10.2 Å². The summed E-state index contributed by atoms with van der Waals surface area (Å²) in [7, 11) is 1.23. The molecule has 0 atom stereocenters. The third kappa shape index (κ3) is 5.04. The molecule has 5 rings (SSSR count). The van der Waals surface area contributed by atoms with Gasteiger partial charge in [0.2, 0.25) is 0 Å². The van der Waals surface area contributed by atoms with E-state index in [-0.39, 0.29) is 11.3 Å². The van der Waals surface area contributed by atoms with Gasteiger partial charge in [-0.25, -0.2) is 4.79 Å². The van der Waals surface area contributed by atoms with Crippen molar-refractivity contribution in [2.45, 2.75) is 6.92 Å². The van der Waals surface area contributed by atoms with Gasteiger partial charge in [-0.2, -0.15) is 15.2 Å². The highest BCUT2D eigenvalue weighted by atomic mass is 35.5. The summed E-state index contributed by atoms with van der Waals surface area (Å²) in [5.74, 6) is -1.28. The van der Waals surface area contributed by atoms with Crippen LogP contribution in [-0.4, -0.2) is 24.7 Å². The van der Waals surface area contributed by atoms with Crippen LogP contribution in [0.2, 0.25) is 10.0 Å². The van der Waals surface area contributed by atoms with Crippen molar-refractivity contribution in [1.82, 2.24) is 0 Å². The van der Waals surface area contributed by atoms with Gasteiger partial charge in [0.05, 0.1) is 24.1 Å². The Morgan fingerprint density at radius 2 is 1.74 bits per heavy atom. The molecule has 0 radical (unpaired) electrons. The lowest BCUT2D eigenvalue weighted by Crippen LogP contribution is -2.23. The quantitative estimate of drug-likeness (QED) is 0.190. The topological polar surface area (TPSA) is 96.5 Å². The summed E-state index contributed by atoms with van der Waals surface area (Å²) >= 11 is 12.0. The van der Waals surface area contributed by atoms with E-state index in [9.17, 15) is 9.59 Å². The predicted molar refractivity (Wildman–Crippen MR) is 148 cm³/mol. The normalized spacial score (nSPS) is 14.8. The third-order valence-corrected chi connectivity index (χ3v) is 6.25. The van der Waals surface area contributed by atoms with Gasteiger partial charge in [-0.05, 0) is 73.7 Å². The summed E-state index contributed by atoms with van der Waals surface area (Å²) in [5, 5.41) is 12.3. The fraction of sp³-hybridized carbons (Fsp3) is 0.0714. The first-order valence-corrected chi connectivity index (χ1v) is 12.2. The molecule has 1 aliphatic heterocycles. The van der Waals surface area contributed by atoms with E-state index in [0.717, 1.165) is 10.6 Å². The van der Waals surface area contributed by atoms with Crippen LogP contribution in [-0.2, 0) is 14.3 Å². The van der Waals surface area contributed by atoms with Crippen LogP contribution >= 0.6 is 23.2 Å². The highest BCUT2D eigenvalue weighted by molar-refractivity contribution is 6.54. The summed E-state index contributed by atoms with van der Waals surface area (Å²) in [6, 6.07) is 19.3. The molecule has 0 saturated heterocycles. The molecule has 0 saturated carbocycles. The van der Waals surface area contributed by atoms with Crippen LogP contribution in [0.4, 0.5) is 11.4 Å². The number of fused-ring (bicyclic) bond motifs is 1. The number of nitrogens with one attached hydrogen (secondary N) is 1. The first-order chi connectivity index (χ1) is 18.3. The first kappa shape index (κ1) is 25.3. The molecular formula is C28H20Cl2N4O4. The number of hydrogen-bond donors (Lipinski definition) is 1.